The number of amides is 1. The second-order valence-electron chi connectivity index (χ2n) is 6.35. The van der Waals surface area contributed by atoms with Crippen molar-refractivity contribution in [3.05, 3.63) is 17.6 Å². The van der Waals surface area contributed by atoms with Crippen LogP contribution in [0.2, 0.25) is 0 Å². The van der Waals surface area contributed by atoms with Crippen molar-refractivity contribution >= 4 is 11.7 Å². The number of anilines is 1. The van der Waals surface area contributed by atoms with Crippen LogP contribution in [0.15, 0.2) is 6.07 Å². The molecule has 5 nitrogen and oxygen atoms in total. The molecule has 21 heavy (non-hydrogen) atoms. The van der Waals surface area contributed by atoms with E-state index in [0.717, 1.165) is 25.9 Å². The fraction of sp³-hybridized carbons (Fsp3) is 0.688. The van der Waals surface area contributed by atoms with Crippen LogP contribution in [-0.2, 0) is 0 Å². The van der Waals surface area contributed by atoms with Gasteiger partial charge in [-0.1, -0.05) is 13.8 Å². The molecule has 1 rings (SSSR count). The lowest BCUT2D eigenvalue weighted by Crippen LogP contribution is -2.33. The Balaban J connectivity index is 3.03. The first kappa shape index (κ1) is 17.4. The van der Waals surface area contributed by atoms with E-state index >= 15 is 0 Å². The molecule has 0 aliphatic rings. The van der Waals surface area contributed by atoms with E-state index in [1.165, 1.54) is 0 Å². The predicted molar refractivity (Wildman–Crippen MR) is 86.6 cm³/mol. The van der Waals surface area contributed by atoms with E-state index in [2.05, 4.69) is 49.9 Å². The van der Waals surface area contributed by atoms with Gasteiger partial charge in [0.2, 0.25) is 0 Å². The van der Waals surface area contributed by atoms with E-state index in [0.29, 0.717) is 17.3 Å². The molecule has 0 saturated heterocycles. The summed E-state index contributed by atoms with van der Waals surface area (Å²) in [4.78, 5) is 23.1. The molecule has 0 spiro atoms. The molecule has 0 fully saturated rings. The number of hydrogen-bond donors (Lipinski definition) is 1. The molecular formula is C16H28N4O. The van der Waals surface area contributed by atoms with Gasteiger partial charge in [0, 0.05) is 24.7 Å². The third kappa shape index (κ3) is 5.69. The van der Waals surface area contributed by atoms with E-state index < -0.39 is 0 Å². The van der Waals surface area contributed by atoms with Gasteiger partial charge in [-0.15, -0.1) is 0 Å². The van der Waals surface area contributed by atoms with Gasteiger partial charge < -0.3 is 10.2 Å². The van der Waals surface area contributed by atoms with E-state index in [9.17, 15) is 4.79 Å². The molecule has 5 heteroatoms. The summed E-state index contributed by atoms with van der Waals surface area (Å²) in [5, 5.41) is 3.30. The van der Waals surface area contributed by atoms with Gasteiger partial charge in [-0.2, -0.15) is 0 Å². The average molecular weight is 292 g/mol. The monoisotopic (exact) mass is 292 g/mol. The minimum absolute atomic E-state index is 0.0128. The summed E-state index contributed by atoms with van der Waals surface area (Å²) in [7, 11) is 0. The highest BCUT2D eigenvalue weighted by molar-refractivity contribution is 5.93. The summed E-state index contributed by atoms with van der Waals surface area (Å²) in [6.07, 6.45) is 1.89. The van der Waals surface area contributed by atoms with Crippen LogP contribution < -0.4 is 5.32 Å². The van der Waals surface area contributed by atoms with Crippen LogP contribution in [0.1, 0.15) is 63.8 Å². The molecule has 1 aromatic heterocycles. The topological polar surface area (TPSA) is 58.1 Å². The number of nitrogens with zero attached hydrogens (tertiary/aromatic N) is 3. The first-order valence-corrected chi connectivity index (χ1v) is 7.70. The van der Waals surface area contributed by atoms with Crippen molar-refractivity contribution in [3.63, 3.8) is 0 Å². The summed E-state index contributed by atoms with van der Waals surface area (Å²) >= 11 is 0. The lowest BCUT2D eigenvalue weighted by atomic mass is 10.1. The maximum atomic E-state index is 12.6. The van der Waals surface area contributed by atoms with E-state index in [1.54, 1.807) is 6.07 Å². The molecule has 0 aliphatic heterocycles. The van der Waals surface area contributed by atoms with Crippen molar-refractivity contribution in [2.45, 2.75) is 59.9 Å². The molecule has 0 bridgehead atoms. The minimum atomic E-state index is -0.104. The number of carbonyl (C=O) groups excluding carboxylic acids is 1. The first-order valence-electron chi connectivity index (χ1n) is 7.70. The van der Waals surface area contributed by atoms with Gasteiger partial charge in [0.15, 0.2) is 0 Å². The highest BCUT2D eigenvalue weighted by Crippen LogP contribution is 2.15. The van der Waals surface area contributed by atoms with Crippen LogP contribution in [0.5, 0.6) is 0 Å². The first-order chi connectivity index (χ1) is 9.76. The Bertz CT molecular complexity index is 474. The minimum Gasteiger partial charge on any atom is -0.365 e. The fourth-order valence-electron chi connectivity index (χ4n) is 2.14. The van der Waals surface area contributed by atoms with Gasteiger partial charge in [0.25, 0.3) is 5.91 Å². The number of carbonyl (C=O) groups is 1. The fourth-order valence-corrected chi connectivity index (χ4v) is 2.14. The second kappa shape index (κ2) is 7.38. The molecule has 0 aromatic carbocycles. The van der Waals surface area contributed by atoms with Crippen molar-refractivity contribution < 1.29 is 4.79 Å². The van der Waals surface area contributed by atoms with Crippen LogP contribution in [-0.4, -0.2) is 39.4 Å². The SMILES string of the molecule is CCCN(CCC)C(=O)c1cc(NC(C)(C)C)nc(C)n1. The van der Waals surface area contributed by atoms with E-state index in [4.69, 9.17) is 0 Å². The average Bonchev–Trinajstić information content (AvgIpc) is 2.34. The molecule has 0 atom stereocenters. The van der Waals surface area contributed by atoms with Crippen LogP contribution in [0.4, 0.5) is 5.82 Å². The predicted octanol–water partition coefficient (Wildman–Crippen LogP) is 3.26. The Morgan fingerprint density at radius 2 is 1.76 bits per heavy atom. The quantitative estimate of drug-likeness (QED) is 0.874. The van der Waals surface area contributed by atoms with E-state index in [1.807, 2.05) is 11.8 Å². The highest BCUT2D eigenvalue weighted by Gasteiger charge is 2.18. The summed E-state index contributed by atoms with van der Waals surface area (Å²) in [6.45, 7) is 13.7. The second-order valence-corrected chi connectivity index (χ2v) is 6.35. The lowest BCUT2D eigenvalue weighted by Gasteiger charge is -2.23. The maximum absolute atomic E-state index is 12.6. The molecule has 0 unspecified atom stereocenters. The number of nitrogens with one attached hydrogen (secondary N) is 1. The lowest BCUT2D eigenvalue weighted by molar-refractivity contribution is 0.0749. The molecule has 0 aliphatic carbocycles. The molecule has 0 saturated carbocycles. The largest absolute Gasteiger partial charge is 0.365 e. The van der Waals surface area contributed by atoms with E-state index in [-0.39, 0.29) is 11.4 Å². The molecule has 1 heterocycles. The summed E-state index contributed by atoms with van der Waals surface area (Å²) in [6, 6.07) is 1.75. The molecular weight excluding hydrogens is 264 g/mol. The van der Waals surface area contributed by atoms with Gasteiger partial charge in [-0.3, -0.25) is 4.79 Å². The molecule has 1 aromatic rings. The Labute approximate surface area is 128 Å². The van der Waals surface area contributed by atoms with Crippen molar-refractivity contribution in [2.24, 2.45) is 0 Å². The third-order valence-corrected chi connectivity index (χ3v) is 2.83. The van der Waals surface area contributed by atoms with Gasteiger partial charge in [-0.05, 0) is 40.5 Å². The number of aryl methyl sites for hydroxylation is 1. The standard InChI is InChI=1S/C16H28N4O/c1-7-9-20(10-8-2)15(21)13-11-14(18-12(3)17-13)19-16(4,5)6/h11H,7-10H2,1-6H3,(H,17,18,19). The third-order valence-electron chi connectivity index (χ3n) is 2.83. The Hall–Kier alpha value is -1.65. The van der Waals surface area contributed by atoms with Gasteiger partial charge >= 0.3 is 0 Å². The summed E-state index contributed by atoms with van der Waals surface area (Å²) in [5.41, 5.74) is 0.365. The molecule has 0 radical (unpaired) electrons. The highest BCUT2D eigenvalue weighted by atomic mass is 16.2. The van der Waals surface area contributed by atoms with Crippen molar-refractivity contribution in [3.8, 4) is 0 Å². The Kier molecular flexibility index (Phi) is 6.12. The van der Waals surface area contributed by atoms with Crippen molar-refractivity contribution in [1.29, 1.82) is 0 Å². The molecule has 1 amide bonds. The smallest absolute Gasteiger partial charge is 0.272 e. The number of aromatic nitrogens is 2. The normalized spacial score (nSPS) is 11.3. The van der Waals surface area contributed by atoms with Gasteiger partial charge in [0.1, 0.15) is 17.3 Å². The van der Waals surface area contributed by atoms with Gasteiger partial charge in [0.05, 0.1) is 0 Å². The van der Waals surface area contributed by atoms with Crippen molar-refractivity contribution in [2.75, 3.05) is 18.4 Å². The summed E-state index contributed by atoms with van der Waals surface area (Å²) in [5.74, 6) is 1.30. The van der Waals surface area contributed by atoms with Crippen LogP contribution in [0.25, 0.3) is 0 Å². The number of hydrogen-bond acceptors (Lipinski definition) is 4. The maximum Gasteiger partial charge on any atom is 0.272 e. The van der Waals surface area contributed by atoms with Gasteiger partial charge in [-0.25, -0.2) is 9.97 Å². The van der Waals surface area contributed by atoms with Crippen molar-refractivity contribution in [1.82, 2.24) is 14.9 Å². The number of rotatable bonds is 6. The Morgan fingerprint density at radius 3 is 2.24 bits per heavy atom. The van der Waals surface area contributed by atoms with Crippen LogP contribution in [0.3, 0.4) is 0 Å². The summed E-state index contributed by atoms with van der Waals surface area (Å²) < 4.78 is 0. The zero-order valence-electron chi connectivity index (χ0n) is 14.2. The van der Waals surface area contributed by atoms with Crippen LogP contribution >= 0.6 is 0 Å². The molecule has 1 N–H and O–H groups in total. The Morgan fingerprint density at radius 1 is 1.19 bits per heavy atom. The zero-order chi connectivity index (χ0) is 16.0. The van der Waals surface area contributed by atoms with Crippen LogP contribution in [0, 0.1) is 6.92 Å². The zero-order valence-corrected chi connectivity index (χ0v) is 14.2. The molecule has 118 valence electrons.